The fourth-order valence-electron chi connectivity index (χ4n) is 2.60. The summed E-state index contributed by atoms with van der Waals surface area (Å²) in [6.07, 6.45) is 1.08. The summed E-state index contributed by atoms with van der Waals surface area (Å²) in [5.41, 5.74) is 2.16. The number of carbonyl (C=O) groups excluding carboxylic acids is 1. The van der Waals surface area contributed by atoms with Crippen molar-refractivity contribution >= 4 is 5.78 Å². The van der Waals surface area contributed by atoms with Crippen molar-refractivity contribution in [3.63, 3.8) is 0 Å². The van der Waals surface area contributed by atoms with Gasteiger partial charge in [0.2, 0.25) is 0 Å². The van der Waals surface area contributed by atoms with Crippen LogP contribution >= 0.6 is 0 Å². The molecule has 110 valence electrons. The average molecular weight is 274 g/mol. The Morgan fingerprint density at radius 2 is 1.70 bits per heavy atom. The molecule has 0 radical (unpaired) electrons. The highest BCUT2D eigenvalue weighted by Gasteiger charge is 2.17. The Bertz CT molecular complexity index is 431. The van der Waals surface area contributed by atoms with Crippen LogP contribution in [0.4, 0.5) is 0 Å². The molecule has 0 unspecified atom stereocenters. The molecule has 0 amide bonds. The monoisotopic (exact) mass is 274 g/mol. The maximum absolute atomic E-state index is 12.3. The third kappa shape index (κ3) is 4.43. The minimum atomic E-state index is 0.241. The molecule has 3 heteroatoms. The van der Waals surface area contributed by atoms with E-state index in [1.807, 2.05) is 12.1 Å². The SMILES string of the molecule is CC(C)Cc1ccc(C(=O)CN2CCN(C)CC2)cc1. The van der Waals surface area contributed by atoms with Gasteiger partial charge in [-0.1, -0.05) is 38.1 Å². The van der Waals surface area contributed by atoms with Crippen LogP contribution in [0.1, 0.15) is 29.8 Å². The topological polar surface area (TPSA) is 23.6 Å². The smallest absolute Gasteiger partial charge is 0.176 e. The van der Waals surface area contributed by atoms with Crippen LogP contribution in [0.2, 0.25) is 0 Å². The van der Waals surface area contributed by atoms with Gasteiger partial charge in [0.05, 0.1) is 6.54 Å². The summed E-state index contributed by atoms with van der Waals surface area (Å²) < 4.78 is 0. The molecule has 0 spiro atoms. The van der Waals surface area contributed by atoms with Crippen LogP contribution in [0.3, 0.4) is 0 Å². The number of Topliss-reactive ketones (excluding diaryl/α,β-unsaturated/α-hetero) is 1. The summed E-state index contributed by atoms with van der Waals surface area (Å²) in [4.78, 5) is 16.8. The zero-order chi connectivity index (χ0) is 14.5. The number of hydrogen-bond donors (Lipinski definition) is 0. The second-order valence-corrected chi connectivity index (χ2v) is 6.30. The Morgan fingerprint density at radius 3 is 2.25 bits per heavy atom. The lowest BCUT2D eigenvalue weighted by Crippen LogP contribution is -2.46. The van der Waals surface area contributed by atoms with Gasteiger partial charge in [-0.25, -0.2) is 0 Å². The molecule has 0 aromatic heterocycles. The van der Waals surface area contributed by atoms with Gasteiger partial charge in [-0.15, -0.1) is 0 Å². The highest BCUT2D eigenvalue weighted by Crippen LogP contribution is 2.11. The number of nitrogens with zero attached hydrogens (tertiary/aromatic N) is 2. The number of carbonyl (C=O) groups is 1. The molecule has 1 heterocycles. The van der Waals surface area contributed by atoms with Gasteiger partial charge in [0, 0.05) is 31.7 Å². The van der Waals surface area contributed by atoms with E-state index in [2.05, 4.69) is 42.8 Å². The van der Waals surface area contributed by atoms with Crippen LogP contribution in [0.5, 0.6) is 0 Å². The van der Waals surface area contributed by atoms with E-state index < -0.39 is 0 Å². The highest BCUT2D eigenvalue weighted by molar-refractivity contribution is 5.97. The number of hydrogen-bond acceptors (Lipinski definition) is 3. The maximum Gasteiger partial charge on any atom is 0.176 e. The number of piperazine rings is 1. The standard InChI is InChI=1S/C17H26N2O/c1-14(2)12-15-4-6-16(7-5-15)17(20)13-19-10-8-18(3)9-11-19/h4-7,14H,8-13H2,1-3H3. The molecule has 0 N–H and O–H groups in total. The minimum Gasteiger partial charge on any atom is -0.304 e. The molecule has 1 saturated heterocycles. The molecular formula is C17H26N2O. The fraction of sp³-hybridized carbons (Fsp3) is 0.588. The van der Waals surface area contributed by atoms with Gasteiger partial charge in [0.15, 0.2) is 5.78 Å². The van der Waals surface area contributed by atoms with E-state index in [-0.39, 0.29) is 5.78 Å². The van der Waals surface area contributed by atoms with E-state index in [9.17, 15) is 4.79 Å². The first-order valence-corrected chi connectivity index (χ1v) is 7.57. The molecule has 3 nitrogen and oxygen atoms in total. The predicted molar refractivity (Wildman–Crippen MR) is 83.3 cm³/mol. The van der Waals surface area contributed by atoms with Gasteiger partial charge >= 0.3 is 0 Å². The summed E-state index contributed by atoms with van der Waals surface area (Å²) in [5.74, 6) is 0.896. The van der Waals surface area contributed by atoms with Crippen molar-refractivity contribution in [2.45, 2.75) is 20.3 Å². The predicted octanol–water partition coefficient (Wildman–Crippen LogP) is 2.32. The van der Waals surface area contributed by atoms with Gasteiger partial charge in [-0.05, 0) is 24.9 Å². The summed E-state index contributed by atoms with van der Waals surface area (Å²) >= 11 is 0. The molecule has 2 rings (SSSR count). The van der Waals surface area contributed by atoms with E-state index in [0.717, 1.165) is 38.2 Å². The summed E-state index contributed by atoms with van der Waals surface area (Å²) in [7, 11) is 2.13. The summed E-state index contributed by atoms with van der Waals surface area (Å²) in [5, 5.41) is 0. The van der Waals surface area contributed by atoms with Gasteiger partial charge in [0.1, 0.15) is 0 Å². The number of ketones is 1. The normalized spacial score (nSPS) is 17.6. The van der Waals surface area contributed by atoms with Crippen molar-refractivity contribution < 1.29 is 4.79 Å². The Hall–Kier alpha value is -1.19. The Labute approximate surface area is 122 Å². The number of likely N-dealkylation sites (N-methyl/N-ethyl adjacent to an activating group) is 1. The summed E-state index contributed by atoms with van der Waals surface area (Å²) in [6, 6.07) is 8.15. The summed E-state index contributed by atoms with van der Waals surface area (Å²) in [6.45, 7) is 9.08. The van der Waals surface area contributed by atoms with E-state index in [1.165, 1.54) is 5.56 Å². The molecule has 1 aliphatic heterocycles. The van der Waals surface area contributed by atoms with Gasteiger partial charge in [-0.3, -0.25) is 9.69 Å². The highest BCUT2D eigenvalue weighted by atomic mass is 16.1. The lowest BCUT2D eigenvalue weighted by Gasteiger charge is -2.31. The number of rotatable bonds is 5. The van der Waals surface area contributed by atoms with Crippen LogP contribution in [0.15, 0.2) is 24.3 Å². The molecule has 0 aliphatic carbocycles. The van der Waals surface area contributed by atoms with Crippen molar-refractivity contribution in [2.75, 3.05) is 39.8 Å². The second kappa shape index (κ2) is 7.00. The van der Waals surface area contributed by atoms with Crippen molar-refractivity contribution in [1.82, 2.24) is 9.80 Å². The minimum absolute atomic E-state index is 0.241. The Morgan fingerprint density at radius 1 is 1.10 bits per heavy atom. The van der Waals surface area contributed by atoms with Gasteiger partial charge < -0.3 is 4.90 Å². The molecule has 0 atom stereocenters. The van der Waals surface area contributed by atoms with Crippen molar-refractivity contribution in [1.29, 1.82) is 0 Å². The van der Waals surface area contributed by atoms with E-state index in [4.69, 9.17) is 0 Å². The van der Waals surface area contributed by atoms with Crippen molar-refractivity contribution in [3.8, 4) is 0 Å². The lowest BCUT2D eigenvalue weighted by atomic mass is 10.0. The largest absolute Gasteiger partial charge is 0.304 e. The second-order valence-electron chi connectivity index (χ2n) is 6.30. The molecular weight excluding hydrogens is 248 g/mol. The first-order chi connectivity index (χ1) is 9.54. The van der Waals surface area contributed by atoms with Gasteiger partial charge in [-0.2, -0.15) is 0 Å². The third-order valence-electron chi connectivity index (χ3n) is 3.88. The number of benzene rings is 1. The van der Waals surface area contributed by atoms with Crippen LogP contribution in [0.25, 0.3) is 0 Å². The first-order valence-electron chi connectivity index (χ1n) is 7.57. The van der Waals surface area contributed by atoms with Crippen molar-refractivity contribution in [2.24, 2.45) is 5.92 Å². The molecule has 0 saturated carbocycles. The zero-order valence-electron chi connectivity index (χ0n) is 12.9. The average Bonchev–Trinajstić information content (AvgIpc) is 2.41. The molecule has 0 bridgehead atoms. The fourth-order valence-corrected chi connectivity index (χ4v) is 2.60. The van der Waals surface area contributed by atoms with Crippen LogP contribution in [-0.2, 0) is 6.42 Å². The Balaban J connectivity index is 1.89. The van der Waals surface area contributed by atoms with Crippen LogP contribution in [0, 0.1) is 5.92 Å². The molecule has 1 aromatic rings. The van der Waals surface area contributed by atoms with E-state index in [1.54, 1.807) is 0 Å². The molecule has 20 heavy (non-hydrogen) atoms. The van der Waals surface area contributed by atoms with E-state index >= 15 is 0 Å². The van der Waals surface area contributed by atoms with Crippen LogP contribution in [-0.4, -0.2) is 55.4 Å². The molecule has 1 aromatic carbocycles. The van der Waals surface area contributed by atoms with Crippen molar-refractivity contribution in [3.05, 3.63) is 35.4 Å². The quantitative estimate of drug-likeness (QED) is 0.770. The zero-order valence-corrected chi connectivity index (χ0v) is 12.9. The first kappa shape index (κ1) is 15.2. The van der Waals surface area contributed by atoms with Gasteiger partial charge in [0.25, 0.3) is 0 Å². The molecule has 1 aliphatic rings. The third-order valence-corrected chi connectivity index (χ3v) is 3.88. The Kier molecular flexibility index (Phi) is 5.32. The lowest BCUT2D eigenvalue weighted by molar-refractivity contribution is 0.0876. The van der Waals surface area contributed by atoms with Crippen LogP contribution < -0.4 is 0 Å². The maximum atomic E-state index is 12.3. The van der Waals surface area contributed by atoms with E-state index in [0.29, 0.717) is 12.5 Å². The molecule has 1 fully saturated rings.